The van der Waals surface area contributed by atoms with Crippen molar-refractivity contribution < 1.29 is 24.7 Å². The smallest absolute Gasteiger partial charge is 0.345 e. The van der Waals surface area contributed by atoms with E-state index in [1.165, 1.54) is 0 Å². The Hall–Kier alpha value is -2.23. The number of carboxylic acid groups (broad SMARTS) is 2. The van der Waals surface area contributed by atoms with Crippen LogP contribution in [0.2, 0.25) is 0 Å². The molecule has 9 nitrogen and oxygen atoms in total. The summed E-state index contributed by atoms with van der Waals surface area (Å²) in [5.74, 6) is -2.49. The van der Waals surface area contributed by atoms with Gasteiger partial charge in [0.15, 0.2) is 5.13 Å². The summed E-state index contributed by atoms with van der Waals surface area (Å²) in [5, 5.41) is 27.3. The van der Waals surface area contributed by atoms with E-state index in [1.807, 2.05) is 0 Å². The minimum absolute atomic E-state index is 0.0125. The van der Waals surface area contributed by atoms with Gasteiger partial charge in [0.1, 0.15) is 19.3 Å². The number of nitrogens with zero attached hydrogens (tertiary/aromatic N) is 3. The third-order valence-corrected chi connectivity index (χ3v) is 2.59. The van der Waals surface area contributed by atoms with E-state index in [9.17, 15) is 19.7 Å². The quantitative estimate of drug-likeness (QED) is 0.540. The first-order valence-corrected chi connectivity index (χ1v) is 5.00. The number of anilines is 1. The summed E-state index contributed by atoms with van der Waals surface area (Å²) in [5.41, 5.74) is 0. The van der Waals surface area contributed by atoms with E-state index in [-0.39, 0.29) is 10.1 Å². The normalized spacial score (nSPS) is 9.88. The molecule has 0 bridgehead atoms. The highest BCUT2D eigenvalue weighted by Crippen LogP contribution is 2.27. The van der Waals surface area contributed by atoms with Crippen molar-refractivity contribution in [3.63, 3.8) is 0 Å². The zero-order valence-electron chi connectivity index (χ0n) is 8.27. The molecule has 0 saturated carbocycles. The van der Waals surface area contributed by atoms with Crippen LogP contribution in [0.3, 0.4) is 0 Å². The van der Waals surface area contributed by atoms with Crippen molar-refractivity contribution in [1.29, 1.82) is 0 Å². The van der Waals surface area contributed by atoms with E-state index >= 15 is 0 Å². The second-order valence-electron chi connectivity index (χ2n) is 2.88. The number of carboxylic acids is 2. The van der Waals surface area contributed by atoms with Gasteiger partial charge in [-0.3, -0.25) is 19.7 Å². The summed E-state index contributed by atoms with van der Waals surface area (Å²) in [4.78, 5) is 35.3. The molecule has 0 amide bonds. The van der Waals surface area contributed by atoms with Gasteiger partial charge in [0.25, 0.3) is 0 Å². The maximum atomic E-state index is 10.5. The number of aliphatic carboxylic acids is 2. The van der Waals surface area contributed by atoms with Crippen LogP contribution in [-0.2, 0) is 9.59 Å². The molecule has 92 valence electrons. The first kappa shape index (κ1) is 12.8. The molecule has 0 aliphatic carbocycles. The van der Waals surface area contributed by atoms with E-state index in [2.05, 4.69) is 4.98 Å². The molecular weight excluding hydrogens is 254 g/mol. The highest BCUT2D eigenvalue weighted by Gasteiger charge is 2.20. The van der Waals surface area contributed by atoms with Crippen LogP contribution >= 0.6 is 11.3 Å². The summed E-state index contributed by atoms with van der Waals surface area (Å²) in [6.45, 7) is -1.17. The molecule has 0 atom stereocenters. The lowest BCUT2D eigenvalue weighted by Gasteiger charge is -2.15. The highest BCUT2D eigenvalue weighted by atomic mass is 32.1. The fourth-order valence-electron chi connectivity index (χ4n) is 1.00. The van der Waals surface area contributed by atoms with Crippen molar-refractivity contribution in [1.82, 2.24) is 4.98 Å². The standard InChI is InChI=1S/C7H7N3O6S/c11-5(12)2-9(3-6(13)14)7-8-1-4(17-7)10(15)16/h1H,2-3H2,(H,11,12)(H,13,14). The molecule has 1 aromatic rings. The third-order valence-electron chi connectivity index (χ3n) is 1.58. The molecule has 2 N–H and O–H groups in total. The monoisotopic (exact) mass is 261 g/mol. The Balaban J connectivity index is 2.90. The molecule has 0 spiro atoms. The Bertz CT molecular complexity index is 442. The number of aromatic nitrogens is 1. The Morgan fingerprint density at radius 2 is 1.94 bits per heavy atom. The zero-order chi connectivity index (χ0) is 13.0. The molecule has 0 unspecified atom stereocenters. The van der Waals surface area contributed by atoms with Crippen molar-refractivity contribution in [2.45, 2.75) is 0 Å². The molecule has 1 aromatic heterocycles. The minimum Gasteiger partial charge on any atom is -0.480 e. The summed E-state index contributed by atoms with van der Waals surface area (Å²) in [6.07, 6.45) is 0.955. The Morgan fingerprint density at radius 1 is 1.41 bits per heavy atom. The van der Waals surface area contributed by atoms with Crippen LogP contribution in [0, 0.1) is 10.1 Å². The molecule has 0 aliphatic rings. The lowest BCUT2D eigenvalue weighted by molar-refractivity contribution is -0.380. The second-order valence-corrected chi connectivity index (χ2v) is 3.87. The lowest BCUT2D eigenvalue weighted by Crippen LogP contribution is -2.34. The third kappa shape index (κ3) is 3.68. The van der Waals surface area contributed by atoms with Gasteiger partial charge in [0.05, 0.1) is 4.92 Å². The maximum Gasteiger partial charge on any atom is 0.345 e. The van der Waals surface area contributed by atoms with Gasteiger partial charge in [0, 0.05) is 0 Å². The number of hydrogen-bond acceptors (Lipinski definition) is 7. The van der Waals surface area contributed by atoms with Gasteiger partial charge in [-0.15, -0.1) is 0 Å². The molecule has 0 aliphatic heterocycles. The molecule has 0 aromatic carbocycles. The second kappa shape index (κ2) is 5.21. The fourth-order valence-corrected chi connectivity index (χ4v) is 1.74. The number of hydrogen-bond donors (Lipinski definition) is 2. The van der Waals surface area contributed by atoms with E-state index in [1.54, 1.807) is 0 Å². The number of nitro groups is 1. The molecule has 1 heterocycles. The van der Waals surface area contributed by atoms with Gasteiger partial charge in [-0.2, -0.15) is 0 Å². The van der Waals surface area contributed by atoms with E-state index in [0.717, 1.165) is 11.1 Å². The average molecular weight is 261 g/mol. The van der Waals surface area contributed by atoms with Gasteiger partial charge < -0.3 is 15.1 Å². The number of carbonyl (C=O) groups is 2. The Labute approximate surface area is 98.1 Å². The zero-order valence-corrected chi connectivity index (χ0v) is 9.09. The summed E-state index contributed by atoms with van der Waals surface area (Å²) < 4.78 is 0. The molecule has 0 radical (unpaired) electrons. The lowest BCUT2D eigenvalue weighted by atomic mass is 10.5. The Kier molecular flexibility index (Phi) is 3.93. The van der Waals surface area contributed by atoms with E-state index in [0.29, 0.717) is 11.3 Å². The van der Waals surface area contributed by atoms with Gasteiger partial charge in [-0.05, 0) is 11.3 Å². The molecular formula is C7H7N3O6S. The van der Waals surface area contributed by atoms with E-state index in [4.69, 9.17) is 10.2 Å². The first-order valence-electron chi connectivity index (χ1n) is 4.19. The molecule has 1 rings (SSSR count). The molecule has 17 heavy (non-hydrogen) atoms. The van der Waals surface area contributed by atoms with Gasteiger partial charge in [-0.25, -0.2) is 4.98 Å². The highest BCUT2D eigenvalue weighted by molar-refractivity contribution is 7.18. The SMILES string of the molecule is O=C(O)CN(CC(=O)O)c1ncc([N+](=O)[O-])s1. The predicted octanol–water partition coefficient (Wildman–Crippen LogP) is 0.0269. The van der Waals surface area contributed by atoms with Crippen molar-refractivity contribution in [3.8, 4) is 0 Å². The minimum atomic E-state index is -1.25. The molecule has 10 heteroatoms. The van der Waals surface area contributed by atoms with Crippen LogP contribution in [0.5, 0.6) is 0 Å². The van der Waals surface area contributed by atoms with Crippen molar-refractivity contribution in [2.75, 3.05) is 18.0 Å². The molecule has 0 fully saturated rings. The van der Waals surface area contributed by atoms with Crippen LogP contribution < -0.4 is 4.90 Å². The average Bonchev–Trinajstić information content (AvgIpc) is 2.63. The fraction of sp³-hybridized carbons (Fsp3) is 0.286. The Morgan fingerprint density at radius 3 is 2.29 bits per heavy atom. The maximum absolute atomic E-state index is 10.5. The predicted molar refractivity (Wildman–Crippen MR) is 56.3 cm³/mol. The number of thiazole rings is 1. The van der Waals surface area contributed by atoms with Crippen LogP contribution in [-0.4, -0.2) is 45.1 Å². The van der Waals surface area contributed by atoms with Crippen molar-refractivity contribution in [3.05, 3.63) is 16.3 Å². The number of rotatable bonds is 6. The summed E-state index contributed by atoms with van der Waals surface area (Å²) in [6, 6.07) is 0. The summed E-state index contributed by atoms with van der Waals surface area (Å²) >= 11 is 0.622. The van der Waals surface area contributed by atoms with Crippen LogP contribution in [0.1, 0.15) is 0 Å². The first-order chi connectivity index (χ1) is 7.90. The van der Waals surface area contributed by atoms with Crippen LogP contribution in [0.4, 0.5) is 10.1 Å². The van der Waals surface area contributed by atoms with Crippen molar-refractivity contribution >= 4 is 33.4 Å². The van der Waals surface area contributed by atoms with E-state index < -0.39 is 30.0 Å². The topological polar surface area (TPSA) is 134 Å². The van der Waals surface area contributed by atoms with Gasteiger partial charge >= 0.3 is 16.9 Å². The van der Waals surface area contributed by atoms with Crippen molar-refractivity contribution in [2.24, 2.45) is 0 Å². The van der Waals surface area contributed by atoms with Crippen LogP contribution in [0.25, 0.3) is 0 Å². The van der Waals surface area contributed by atoms with Gasteiger partial charge in [-0.1, -0.05) is 0 Å². The van der Waals surface area contributed by atoms with Crippen LogP contribution in [0.15, 0.2) is 6.20 Å². The van der Waals surface area contributed by atoms with Gasteiger partial charge in [0.2, 0.25) is 0 Å². The largest absolute Gasteiger partial charge is 0.480 e. The summed E-state index contributed by atoms with van der Waals surface area (Å²) in [7, 11) is 0. The molecule has 0 saturated heterocycles.